The van der Waals surface area contributed by atoms with Gasteiger partial charge >= 0.3 is 0 Å². The highest BCUT2D eigenvalue weighted by molar-refractivity contribution is 6.22. The molecule has 0 N–H and O–H groups in total. The second-order valence-electron chi connectivity index (χ2n) is 5.30. The Morgan fingerprint density at radius 2 is 2.00 bits per heavy atom. The lowest BCUT2D eigenvalue weighted by Crippen LogP contribution is -2.30. The van der Waals surface area contributed by atoms with E-state index in [4.69, 9.17) is 4.74 Å². The first-order valence-electron chi connectivity index (χ1n) is 6.24. The normalized spacial score (nSPS) is 19.2. The van der Waals surface area contributed by atoms with Crippen LogP contribution < -0.4 is 4.74 Å². The number of hydrogen-bond donors (Lipinski definition) is 0. The topological polar surface area (TPSA) is 38.7 Å². The molecule has 1 heterocycles. The lowest BCUT2D eigenvalue weighted by molar-refractivity contribution is -0.110. The Labute approximate surface area is 112 Å². The van der Waals surface area contributed by atoms with Crippen molar-refractivity contribution in [2.24, 2.45) is 4.99 Å². The number of carbonyl (C=O) groups excluding carboxylic acids is 1. The second-order valence-corrected chi connectivity index (χ2v) is 5.30. The van der Waals surface area contributed by atoms with Gasteiger partial charge in [0.25, 0.3) is 0 Å². The van der Waals surface area contributed by atoms with E-state index in [2.05, 4.69) is 18.8 Å². The van der Waals surface area contributed by atoms with Crippen molar-refractivity contribution in [2.75, 3.05) is 7.11 Å². The molecule has 3 rings (SSSR count). The van der Waals surface area contributed by atoms with Crippen LogP contribution in [0.15, 0.2) is 47.0 Å². The van der Waals surface area contributed by atoms with Crippen molar-refractivity contribution in [1.29, 1.82) is 0 Å². The summed E-state index contributed by atoms with van der Waals surface area (Å²) in [5, 5.41) is 0. The number of rotatable bonds is 1. The van der Waals surface area contributed by atoms with E-state index in [1.165, 1.54) is 0 Å². The molecular formula is C16H15NO2. The number of carbonyl (C=O) groups is 1. The van der Waals surface area contributed by atoms with E-state index in [1.807, 2.05) is 18.2 Å². The number of benzene rings is 1. The summed E-state index contributed by atoms with van der Waals surface area (Å²) in [6.07, 6.45) is 5.04. The van der Waals surface area contributed by atoms with Crippen LogP contribution >= 0.6 is 0 Å². The summed E-state index contributed by atoms with van der Waals surface area (Å²) >= 11 is 0. The first-order chi connectivity index (χ1) is 9.02. The predicted molar refractivity (Wildman–Crippen MR) is 75.3 cm³/mol. The molecule has 3 heteroatoms. The van der Waals surface area contributed by atoms with Gasteiger partial charge < -0.3 is 4.74 Å². The van der Waals surface area contributed by atoms with Gasteiger partial charge in [-0.3, -0.25) is 4.79 Å². The molecule has 0 unspecified atom stereocenters. The molecule has 0 bridgehead atoms. The lowest BCUT2D eigenvalue weighted by Gasteiger charge is -2.34. The lowest BCUT2D eigenvalue weighted by atomic mass is 9.71. The fraction of sp³-hybridized carbons (Fsp3) is 0.250. The highest BCUT2D eigenvalue weighted by Gasteiger charge is 2.35. The van der Waals surface area contributed by atoms with Crippen LogP contribution in [0.4, 0.5) is 5.69 Å². The van der Waals surface area contributed by atoms with Crippen LogP contribution in [0.2, 0.25) is 0 Å². The number of aliphatic imine (C=N–C) groups is 1. The van der Waals surface area contributed by atoms with Gasteiger partial charge in [-0.15, -0.1) is 0 Å². The Kier molecular flexibility index (Phi) is 2.45. The van der Waals surface area contributed by atoms with Crippen LogP contribution in [-0.2, 0) is 10.2 Å². The molecule has 0 saturated carbocycles. The number of fused-ring (bicyclic) bond motifs is 2. The van der Waals surface area contributed by atoms with Gasteiger partial charge in [0, 0.05) is 5.41 Å². The molecule has 1 aliphatic carbocycles. The monoisotopic (exact) mass is 253 g/mol. The maximum absolute atomic E-state index is 11.6. The smallest absolute Gasteiger partial charge is 0.179 e. The summed E-state index contributed by atoms with van der Waals surface area (Å²) in [6.45, 7) is 4.22. The number of allylic oxidation sites excluding steroid dienone is 4. The van der Waals surface area contributed by atoms with Crippen LogP contribution in [0.3, 0.4) is 0 Å². The van der Waals surface area contributed by atoms with Gasteiger partial charge in [0.15, 0.2) is 5.78 Å². The summed E-state index contributed by atoms with van der Waals surface area (Å²) in [5.41, 5.74) is 3.63. The molecular weight excluding hydrogens is 238 g/mol. The van der Waals surface area contributed by atoms with Crippen LogP contribution in [-0.4, -0.2) is 18.6 Å². The Hall–Kier alpha value is -2.16. The standard InChI is InChI=1S/C16H15NO2/c1-16(2)12-8-10(18)4-6-14(12)17-15-7-5-11(19-3)9-13(15)16/h4-9H,1-3H3. The number of nitrogens with zero attached hydrogens (tertiary/aromatic N) is 1. The maximum Gasteiger partial charge on any atom is 0.179 e. The molecule has 1 aliphatic heterocycles. The minimum atomic E-state index is -0.249. The third kappa shape index (κ3) is 1.73. The van der Waals surface area contributed by atoms with Crippen LogP contribution in [0.25, 0.3) is 0 Å². The summed E-state index contributed by atoms with van der Waals surface area (Å²) in [4.78, 5) is 16.2. The molecule has 2 aliphatic rings. The van der Waals surface area contributed by atoms with Gasteiger partial charge in [0.2, 0.25) is 0 Å². The van der Waals surface area contributed by atoms with Crippen molar-refractivity contribution in [3.63, 3.8) is 0 Å². The van der Waals surface area contributed by atoms with Gasteiger partial charge in [-0.05, 0) is 47.6 Å². The van der Waals surface area contributed by atoms with Crippen molar-refractivity contribution in [3.8, 4) is 5.75 Å². The summed E-state index contributed by atoms with van der Waals surface area (Å²) in [5.74, 6) is 0.831. The van der Waals surface area contributed by atoms with E-state index >= 15 is 0 Å². The van der Waals surface area contributed by atoms with E-state index in [1.54, 1.807) is 25.3 Å². The molecule has 3 nitrogen and oxygen atoms in total. The Morgan fingerprint density at radius 1 is 1.21 bits per heavy atom. The largest absolute Gasteiger partial charge is 0.497 e. The number of ketones is 1. The molecule has 0 aromatic heterocycles. The van der Waals surface area contributed by atoms with Gasteiger partial charge in [0.1, 0.15) is 5.75 Å². The molecule has 1 aromatic rings. The van der Waals surface area contributed by atoms with Crippen LogP contribution in [0.1, 0.15) is 19.4 Å². The van der Waals surface area contributed by atoms with Gasteiger partial charge in [0.05, 0.1) is 18.5 Å². The number of ether oxygens (including phenoxy) is 1. The minimum Gasteiger partial charge on any atom is -0.497 e. The molecule has 0 amide bonds. The molecule has 0 atom stereocenters. The first kappa shape index (κ1) is 11.9. The highest BCUT2D eigenvalue weighted by Crippen LogP contribution is 2.44. The molecule has 19 heavy (non-hydrogen) atoms. The molecule has 0 saturated heterocycles. The maximum atomic E-state index is 11.6. The fourth-order valence-corrected chi connectivity index (χ4v) is 2.63. The molecule has 0 fully saturated rings. The zero-order valence-corrected chi connectivity index (χ0v) is 11.2. The minimum absolute atomic E-state index is 0.0216. The highest BCUT2D eigenvalue weighted by atomic mass is 16.5. The van der Waals surface area contributed by atoms with E-state index in [-0.39, 0.29) is 11.2 Å². The third-order valence-electron chi connectivity index (χ3n) is 3.76. The molecule has 0 spiro atoms. The number of hydrogen-bond acceptors (Lipinski definition) is 3. The van der Waals surface area contributed by atoms with E-state index in [0.717, 1.165) is 28.3 Å². The summed E-state index contributed by atoms with van der Waals surface area (Å²) < 4.78 is 5.28. The average molecular weight is 253 g/mol. The molecule has 0 radical (unpaired) electrons. The van der Waals surface area contributed by atoms with Crippen molar-refractivity contribution < 1.29 is 9.53 Å². The van der Waals surface area contributed by atoms with Crippen LogP contribution in [0.5, 0.6) is 5.75 Å². The summed E-state index contributed by atoms with van der Waals surface area (Å²) in [6, 6.07) is 5.87. The Balaban J connectivity index is 2.26. The van der Waals surface area contributed by atoms with Crippen molar-refractivity contribution >= 4 is 17.2 Å². The SMILES string of the molecule is COc1ccc2c(c1)C(C)(C)C1=CC(=O)C=CC1=N2. The number of methoxy groups -OCH3 is 1. The first-order valence-corrected chi connectivity index (χ1v) is 6.24. The third-order valence-corrected chi connectivity index (χ3v) is 3.76. The average Bonchev–Trinajstić information content (AvgIpc) is 2.40. The Morgan fingerprint density at radius 3 is 2.74 bits per heavy atom. The van der Waals surface area contributed by atoms with Crippen molar-refractivity contribution in [1.82, 2.24) is 0 Å². The Bertz CT molecular complexity index is 663. The zero-order chi connectivity index (χ0) is 13.6. The van der Waals surface area contributed by atoms with E-state index < -0.39 is 0 Å². The van der Waals surface area contributed by atoms with Gasteiger partial charge in [-0.2, -0.15) is 0 Å². The quantitative estimate of drug-likeness (QED) is 0.721. The fourth-order valence-electron chi connectivity index (χ4n) is 2.63. The van der Waals surface area contributed by atoms with Crippen LogP contribution in [0, 0.1) is 0 Å². The second kappa shape index (κ2) is 3.92. The van der Waals surface area contributed by atoms with E-state index in [9.17, 15) is 4.79 Å². The predicted octanol–water partition coefficient (Wildman–Crippen LogP) is 3.12. The molecule has 96 valence electrons. The van der Waals surface area contributed by atoms with Crippen molar-refractivity contribution in [2.45, 2.75) is 19.3 Å². The summed E-state index contributed by atoms with van der Waals surface area (Å²) in [7, 11) is 1.65. The van der Waals surface area contributed by atoms with Crippen molar-refractivity contribution in [3.05, 3.63) is 47.6 Å². The van der Waals surface area contributed by atoms with Gasteiger partial charge in [-0.25, -0.2) is 4.99 Å². The molecule has 1 aromatic carbocycles. The van der Waals surface area contributed by atoms with Gasteiger partial charge in [-0.1, -0.05) is 13.8 Å². The zero-order valence-electron chi connectivity index (χ0n) is 11.2. The van der Waals surface area contributed by atoms with E-state index in [0.29, 0.717) is 0 Å².